The first-order valence-electron chi connectivity index (χ1n) is 6.83. The molecule has 0 aliphatic carbocycles. The Morgan fingerprint density at radius 2 is 1.67 bits per heavy atom. The maximum Gasteiger partial charge on any atom is 0.257 e. The van der Waals surface area contributed by atoms with Crippen LogP contribution in [-0.4, -0.2) is 56.9 Å². The fourth-order valence-corrected chi connectivity index (χ4v) is 2.03. The molecule has 0 saturated carbocycles. The van der Waals surface area contributed by atoms with Crippen LogP contribution in [0.25, 0.3) is 0 Å². The molecule has 1 aromatic rings. The lowest BCUT2D eigenvalue weighted by molar-refractivity contribution is 0.0750. The third-order valence-corrected chi connectivity index (χ3v) is 3.19. The van der Waals surface area contributed by atoms with Crippen molar-refractivity contribution in [2.45, 2.75) is 13.3 Å². The van der Waals surface area contributed by atoms with Gasteiger partial charge in [-0.2, -0.15) is 0 Å². The molecule has 0 fully saturated rings. The average molecular weight is 297 g/mol. The van der Waals surface area contributed by atoms with E-state index >= 15 is 0 Å². The van der Waals surface area contributed by atoms with Crippen LogP contribution in [-0.2, 0) is 0 Å². The topological polar surface area (TPSA) is 68.2 Å². The van der Waals surface area contributed by atoms with Gasteiger partial charge in [0.2, 0.25) is 0 Å². The van der Waals surface area contributed by atoms with Crippen molar-refractivity contribution in [3.05, 3.63) is 17.7 Å². The van der Waals surface area contributed by atoms with Crippen LogP contribution in [0.5, 0.6) is 17.2 Å². The Morgan fingerprint density at radius 3 is 2.14 bits per heavy atom. The van der Waals surface area contributed by atoms with Gasteiger partial charge in [-0.3, -0.25) is 4.79 Å². The molecule has 1 amide bonds. The molecule has 6 nitrogen and oxygen atoms in total. The second-order valence-corrected chi connectivity index (χ2v) is 4.37. The molecular formula is C15H23NO5. The van der Waals surface area contributed by atoms with E-state index in [4.69, 9.17) is 19.3 Å². The smallest absolute Gasteiger partial charge is 0.257 e. The number of amides is 1. The van der Waals surface area contributed by atoms with Crippen LogP contribution in [0.15, 0.2) is 12.1 Å². The van der Waals surface area contributed by atoms with E-state index in [0.29, 0.717) is 42.3 Å². The number of aliphatic hydroxyl groups is 1. The average Bonchev–Trinajstić information content (AvgIpc) is 2.53. The summed E-state index contributed by atoms with van der Waals surface area (Å²) in [5, 5.41) is 8.92. The molecule has 1 N–H and O–H groups in total. The van der Waals surface area contributed by atoms with Crippen LogP contribution < -0.4 is 14.2 Å². The minimum absolute atomic E-state index is 0.0485. The molecule has 0 unspecified atom stereocenters. The molecule has 0 aliphatic rings. The molecule has 21 heavy (non-hydrogen) atoms. The van der Waals surface area contributed by atoms with Gasteiger partial charge in [-0.25, -0.2) is 0 Å². The molecule has 0 aliphatic heterocycles. The molecule has 0 saturated heterocycles. The summed E-state index contributed by atoms with van der Waals surface area (Å²) in [7, 11) is 4.54. The Kier molecular flexibility index (Phi) is 6.81. The maximum atomic E-state index is 12.6. The van der Waals surface area contributed by atoms with Crippen molar-refractivity contribution in [2.75, 3.05) is 41.0 Å². The van der Waals surface area contributed by atoms with Gasteiger partial charge in [0.15, 0.2) is 11.5 Å². The number of ether oxygens (including phenoxy) is 3. The molecule has 0 atom stereocenters. The van der Waals surface area contributed by atoms with Gasteiger partial charge in [0, 0.05) is 31.8 Å². The largest absolute Gasteiger partial charge is 0.496 e. The second kappa shape index (κ2) is 8.36. The predicted octanol–water partition coefficient (Wildman–Crippen LogP) is 1.56. The van der Waals surface area contributed by atoms with Crippen LogP contribution in [0.2, 0.25) is 0 Å². The third kappa shape index (κ3) is 4.01. The summed E-state index contributed by atoms with van der Waals surface area (Å²) in [4.78, 5) is 14.2. The van der Waals surface area contributed by atoms with Crippen molar-refractivity contribution in [3.63, 3.8) is 0 Å². The zero-order valence-electron chi connectivity index (χ0n) is 13.0. The predicted molar refractivity (Wildman–Crippen MR) is 79.4 cm³/mol. The van der Waals surface area contributed by atoms with Crippen molar-refractivity contribution in [2.24, 2.45) is 0 Å². The molecule has 0 spiro atoms. The molecule has 6 heteroatoms. The highest BCUT2D eigenvalue weighted by Gasteiger charge is 2.21. The van der Waals surface area contributed by atoms with Crippen molar-refractivity contribution in [1.82, 2.24) is 4.90 Å². The molecule has 0 heterocycles. The van der Waals surface area contributed by atoms with E-state index in [2.05, 4.69) is 0 Å². The van der Waals surface area contributed by atoms with Crippen molar-refractivity contribution in [1.29, 1.82) is 0 Å². The number of aliphatic hydroxyl groups excluding tert-OH is 1. The Bertz CT molecular complexity index is 475. The number of carbonyl (C=O) groups is 1. The van der Waals surface area contributed by atoms with E-state index in [9.17, 15) is 4.79 Å². The summed E-state index contributed by atoms with van der Waals surface area (Å²) in [6.45, 7) is 2.98. The summed E-state index contributed by atoms with van der Waals surface area (Å²) in [5.74, 6) is 1.24. The summed E-state index contributed by atoms with van der Waals surface area (Å²) in [6.07, 6.45) is 0.537. The first-order valence-corrected chi connectivity index (χ1v) is 6.83. The van der Waals surface area contributed by atoms with Crippen molar-refractivity contribution >= 4 is 5.91 Å². The molecule has 0 aromatic heterocycles. The number of carbonyl (C=O) groups excluding carboxylic acids is 1. The van der Waals surface area contributed by atoms with E-state index in [1.165, 1.54) is 21.3 Å². The van der Waals surface area contributed by atoms with Crippen LogP contribution in [0.1, 0.15) is 23.7 Å². The van der Waals surface area contributed by atoms with Crippen molar-refractivity contribution < 1.29 is 24.1 Å². The van der Waals surface area contributed by atoms with Crippen LogP contribution in [0.3, 0.4) is 0 Å². The fraction of sp³-hybridized carbons (Fsp3) is 0.533. The van der Waals surface area contributed by atoms with Crippen molar-refractivity contribution in [3.8, 4) is 17.2 Å². The summed E-state index contributed by atoms with van der Waals surface area (Å²) >= 11 is 0. The summed E-state index contributed by atoms with van der Waals surface area (Å²) in [5.41, 5.74) is 0.412. The number of benzene rings is 1. The van der Waals surface area contributed by atoms with Gasteiger partial charge in [-0.1, -0.05) is 0 Å². The van der Waals surface area contributed by atoms with Gasteiger partial charge in [-0.05, 0) is 13.3 Å². The lowest BCUT2D eigenvalue weighted by Gasteiger charge is -2.22. The third-order valence-electron chi connectivity index (χ3n) is 3.19. The van der Waals surface area contributed by atoms with Gasteiger partial charge < -0.3 is 24.2 Å². The Balaban J connectivity index is 3.17. The van der Waals surface area contributed by atoms with E-state index in [0.717, 1.165) is 0 Å². The van der Waals surface area contributed by atoms with Crippen LogP contribution in [0.4, 0.5) is 0 Å². The van der Waals surface area contributed by atoms with Gasteiger partial charge in [0.25, 0.3) is 5.91 Å². The van der Waals surface area contributed by atoms with Gasteiger partial charge in [-0.15, -0.1) is 0 Å². The lowest BCUT2D eigenvalue weighted by atomic mass is 10.1. The number of methoxy groups -OCH3 is 3. The minimum atomic E-state index is -0.163. The first kappa shape index (κ1) is 17.1. The number of hydrogen-bond acceptors (Lipinski definition) is 5. The Hall–Kier alpha value is -1.95. The number of hydrogen-bond donors (Lipinski definition) is 1. The molecule has 0 radical (unpaired) electrons. The summed E-state index contributed by atoms with van der Waals surface area (Å²) < 4.78 is 15.7. The highest BCUT2D eigenvalue weighted by Crippen LogP contribution is 2.35. The quantitative estimate of drug-likeness (QED) is 0.788. The van der Waals surface area contributed by atoms with Gasteiger partial charge >= 0.3 is 0 Å². The Labute approximate surface area is 125 Å². The van der Waals surface area contributed by atoms with Gasteiger partial charge in [0.1, 0.15) is 5.75 Å². The summed E-state index contributed by atoms with van der Waals surface area (Å²) in [6, 6.07) is 3.24. The zero-order chi connectivity index (χ0) is 15.8. The highest BCUT2D eigenvalue weighted by molar-refractivity contribution is 5.97. The fourth-order valence-electron chi connectivity index (χ4n) is 2.03. The van der Waals surface area contributed by atoms with Crippen LogP contribution >= 0.6 is 0 Å². The lowest BCUT2D eigenvalue weighted by Crippen LogP contribution is -2.32. The molecule has 1 rings (SSSR count). The molecule has 0 bridgehead atoms. The van der Waals surface area contributed by atoms with E-state index < -0.39 is 0 Å². The van der Waals surface area contributed by atoms with Crippen LogP contribution in [0, 0.1) is 0 Å². The Morgan fingerprint density at radius 1 is 1.10 bits per heavy atom. The number of nitrogens with zero attached hydrogens (tertiary/aromatic N) is 1. The molecule has 1 aromatic carbocycles. The second-order valence-electron chi connectivity index (χ2n) is 4.37. The first-order chi connectivity index (χ1) is 10.1. The van der Waals surface area contributed by atoms with E-state index in [1.807, 2.05) is 6.92 Å². The maximum absolute atomic E-state index is 12.6. The SMILES string of the molecule is CCN(CCCO)C(=O)c1cc(OC)c(OC)cc1OC. The van der Waals surface area contributed by atoms with E-state index in [-0.39, 0.29) is 12.5 Å². The number of rotatable bonds is 8. The van der Waals surface area contributed by atoms with E-state index in [1.54, 1.807) is 17.0 Å². The standard InChI is InChI=1S/C15H23NO5/c1-5-16(7-6-8-17)15(18)11-9-13(20-3)14(21-4)10-12(11)19-2/h9-10,17H,5-8H2,1-4H3. The zero-order valence-corrected chi connectivity index (χ0v) is 13.0. The molecule has 118 valence electrons. The minimum Gasteiger partial charge on any atom is -0.496 e. The normalized spacial score (nSPS) is 10.1. The molecular weight excluding hydrogens is 274 g/mol. The monoisotopic (exact) mass is 297 g/mol. The van der Waals surface area contributed by atoms with Gasteiger partial charge in [0.05, 0.1) is 26.9 Å². The highest BCUT2D eigenvalue weighted by atomic mass is 16.5.